The second-order valence-electron chi connectivity index (χ2n) is 6.31. The van der Waals surface area contributed by atoms with Gasteiger partial charge in [0.25, 0.3) is 0 Å². The molecule has 0 aromatic heterocycles. The minimum Gasteiger partial charge on any atom is -0.741 e. The standard InChI is InChI=1S/C13H24NO5.CHF3O3S/c1-6-17-12(16)13(3)9-11(19-14(13,4)5)7-8-18-10(2)15;2-1(3,4)8(5,6)7/h11H,6-9H2,1-5H3;(H,5,6,7)/q+1;/p-1. The number of hydroxylamine groups is 3. The first-order chi connectivity index (χ1) is 12.0. The van der Waals surface area contributed by atoms with E-state index >= 15 is 0 Å². The van der Waals surface area contributed by atoms with Crippen LogP contribution in [0.1, 0.15) is 33.6 Å². The van der Waals surface area contributed by atoms with Crippen molar-refractivity contribution in [2.75, 3.05) is 27.3 Å². The van der Waals surface area contributed by atoms with Gasteiger partial charge in [0, 0.05) is 26.7 Å². The van der Waals surface area contributed by atoms with Gasteiger partial charge in [-0.3, -0.25) is 4.79 Å². The zero-order chi connectivity index (χ0) is 21.7. The molecule has 1 aliphatic rings. The van der Waals surface area contributed by atoms with E-state index in [1.54, 1.807) is 6.92 Å². The van der Waals surface area contributed by atoms with Crippen molar-refractivity contribution in [3.63, 3.8) is 0 Å². The average Bonchev–Trinajstić information content (AvgIpc) is 2.67. The summed E-state index contributed by atoms with van der Waals surface area (Å²) in [7, 11) is -2.42. The number of carbonyl (C=O) groups excluding carboxylic acids is 2. The van der Waals surface area contributed by atoms with Gasteiger partial charge in [-0.1, -0.05) is 0 Å². The van der Waals surface area contributed by atoms with Gasteiger partial charge in [0.1, 0.15) is 6.10 Å². The number of hydrogen-bond donors (Lipinski definition) is 0. The Kier molecular flexibility index (Phi) is 8.68. The summed E-state index contributed by atoms with van der Waals surface area (Å²) in [4.78, 5) is 28.7. The summed E-state index contributed by atoms with van der Waals surface area (Å²) in [6.45, 7) is 5.66. The van der Waals surface area contributed by atoms with E-state index in [1.165, 1.54) is 6.92 Å². The average molecular weight is 423 g/mol. The predicted molar refractivity (Wildman–Crippen MR) is 83.6 cm³/mol. The molecule has 0 aromatic carbocycles. The molecule has 1 saturated heterocycles. The fourth-order valence-electron chi connectivity index (χ4n) is 2.27. The highest BCUT2D eigenvalue weighted by Gasteiger charge is 2.59. The van der Waals surface area contributed by atoms with Gasteiger partial charge < -0.3 is 14.0 Å². The lowest BCUT2D eigenvalue weighted by molar-refractivity contribution is -1.09. The molecule has 0 amide bonds. The summed E-state index contributed by atoms with van der Waals surface area (Å²) in [5.41, 5.74) is -6.37. The van der Waals surface area contributed by atoms with Crippen molar-refractivity contribution >= 4 is 22.1 Å². The third-order valence-corrected chi connectivity index (χ3v) is 4.54. The quantitative estimate of drug-likeness (QED) is 0.279. The number of quaternary nitrogens is 1. The Bertz CT molecular complexity index is 635. The zero-order valence-electron chi connectivity index (χ0n) is 15.7. The molecule has 0 aromatic rings. The molecule has 1 rings (SSSR count). The third kappa shape index (κ3) is 7.24. The van der Waals surface area contributed by atoms with E-state index in [1.807, 2.05) is 21.0 Å². The van der Waals surface area contributed by atoms with Crippen LogP contribution < -0.4 is 0 Å². The summed E-state index contributed by atoms with van der Waals surface area (Å²) in [6.07, 6.45) is 1.01. The predicted octanol–water partition coefficient (Wildman–Crippen LogP) is 1.09. The smallest absolute Gasteiger partial charge is 0.485 e. The SMILES string of the molecule is CCOC(=O)C1(C)CC(CCOC(C)=O)O[N+]1(C)C.O=S(=O)([O-])C(F)(F)F. The van der Waals surface area contributed by atoms with Gasteiger partial charge >= 0.3 is 17.4 Å². The number of ether oxygens (including phenoxy) is 2. The fraction of sp³-hybridized carbons (Fsp3) is 0.857. The van der Waals surface area contributed by atoms with Gasteiger partial charge in [-0.05, 0) is 6.92 Å². The lowest BCUT2D eigenvalue weighted by Crippen LogP contribution is -2.57. The van der Waals surface area contributed by atoms with E-state index in [0.717, 1.165) is 0 Å². The summed E-state index contributed by atoms with van der Waals surface area (Å²) >= 11 is 0. The monoisotopic (exact) mass is 423 g/mol. The Morgan fingerprint density at radius 3 is 2.15 bits per heavy atom. The molecule has 0 aliphatic carbocycles. The van der Waals surface area contributed by atoms with Crippen LogP contribution in [0, 0.1) is 0 Å². The molecule has 1 aliphatic heterocycles. The van der Waals surface area contributed by atoms with Crippen molar-refractivity contribution in [3.8, 4) is 0 Å². The minimum absolute atomic E-state index is 0.122. The van der Waals surface area contributed by atoms with Crippen LogP contribution in [0.5, 0.6) is 0 Å². The van der Waals surface area contributed by atoms with Gasteiger partial charge in [0.05, 0.1) is 27.3 Å². The van der Waals surface area contributed by atoms with E-state index in [0.29, 0.717) is 26.1 Å². The third-order valence-electron chi connectivity index (χ3n) is 3.97. The first-order valence-electron chi connectivity index (χ1n) is 7.83. The van der Waals surface area contributed by atoms with Gasteiger partial charge in [0.15, 0.2) is 10.1 Å². The maximum Gasteiger partial charge on any atom is 0.485 e. The zero-order valence-corrected chi connectivity index (χ0v) is 16.5. The van der Waals surface area contributed by atoms with E-state index in [-0.39, 0.29) is 22.7 Å². The summed E-state index contributed by atoms with van der Waals surface area (Å²) in [5, 5.41) is 0. The van der Waals surface area contributed by atoms with Crippen LogP contribution in [0.25, 0.3) is 0 Å². The summed E-state index contributed by atoms with van der Waals surface area (Å²) in [6, 6.07) is 0. The molecule has 160 valence electrons. The Hall–Kier alpha value is -1.44. The largest absolute Gasteiger partial charge is 0.741 e. The van der Waals surface area contributed by atoms with Crippen LogP contribution in [-0.4, -0.2) is 74.0 Å². The molecular weight excluding hydrogens is 399 g/mol. The van der Waals surface area contributed by atoms with Crippen LogP contribution in [0.2, 0.25) is 0 Å². The van der Waals surface area contributed by atoms with Gasteiger partial charge in [-0.15, -0.1) is 0 Å². The van der Waals surface area contributed by atoms with Crippen LogP contribution >= 0.6 is 0 Å². The van der Waals surface area contributed by atoms with Crippen molar-refractivity contribution in [2.45, 2.75) is 50.8 Å². The normalized spacial score (nSPS) is 24.6. The molecular formula is C14H24F3NO8S. The number of alkyl halides is 3. The number of esters is 2. The first-order valence-corrected chi connectivity index (χ1v) is 9.24. The molecule has 0 radical (unpaired) electrons. The van der Waals surface area contributed by atoms with Crippen LogP contribution in [0.3, 0.4) is 0 Å². The Morgan fingerprint density at radius 2 is 1.78 bits per heavy atom. The first kappa shape index (κ1) is 25.6. The van der Waals surface area contributed by atoms with E-state index in [2.05, 4.69) is 0 Å². The topological polar surface area (TPSA) is 119 Å². The Morgan fingerprint density at radius 1 is 1.30 bits per heavy atom. The maximum atomic E-state index is 12.1. The summed E-state index contributed by atoms with van der Waals surface area (Å²) in [5.74, 6) is -0.560. The number of halogens is 3. The molecule has 27 heavy (non-hydrogen) atoms. The molecule has 13 heteroatoms. The Labute approximate surface area is 155 Å². The second kappa shape index (κ2) is 9.17. The van der Waals surface area contributed by atoms with Crippen molar-refractivity contribution in [1.82, 2.24) is 0 Å². The molecule has 0 bridgehead atoms. The van der Waals surface area contributed by atoms with Crippen molar-refractivity contribution < 1.29 is 54.7 Å². The number of rotatable bonds is 5. The second-order valence-corrected chi connectivity index (χ2v) is 7.68. The van der Waals surface area contributed by atoms with Crippen molar-refractivity contribution in [3.05, 3.63) is 0 Å². The number of hydrogen-bond acceptors (Lipinski definition) is 8. The highest BCUT2D eigenvalue weighted by molar-refractivity contribution is 7.86. The Balaban J connectivity index is 0.000000713. The highest BCUT2D eigenvalue weighted by atomic mass is 32.2. The van der Waals surface area contributed by atoms with Crippen molar-refractivity contribution in [2.24, 2.45) is 0 Å². The number of nitrogens with zero attached hydrogens (tertiary/aromatic N) is 1. The molecule has 0 N–H and O–H groups in total. The number of carbonyl (C=O) groups is 2. The summed E-state index contributed by atoms with van der Waals surface area (Å²) < 4.78 is 69.1. The molecule has 9 nitrogen and oxygen atoms in total. The number of likely N-dealkylation sites (N-methyl/N-ethyl adjacent to an activating group) is 1. The minimum atomic E-state index is -6.09. The lowest BCUT2D eigenvalue weighted by Gasteiger charge is -2.34. The molecule has 0 spiro atoms. The maximum absolute atomic E-state index is 12.1. The molecule has 1 heterocycles. The van der Waals surface area contributed by atoms with E-state index in [4.69, 9.17) is 27.3 Å². The molecule has 1 fully saturated rings. The molecule has 0 saturated carbocycles. The van der Waals surface area contributed by atoms with E-state index in [9.17, 15) is 22.8 Å². The van der Waals surface area contributed by atoms with Crippen LogP contribution in [0.4, 0.5) is 13.2 Å². The van der Waals surface area contributed by atoms with Crippen molar-refractivity contribution in [1.29, 1.82) is 0 Å². The van der Waals surface area contributed by atoms with Gasteiger partial charge in [0.2, 0.25) is 5.54 Å². The lowest BCUT2D eigenvalue weighted by atomic mass is 9.93. The highest BCUT2D eigenvalue weighted by Crippen LogP contribution is 2.38. The van der Waals surface area contributed by atoms with Crippen LogP contribution in [0.15, 0.2) is 0 Å². The molecule has 2 atom stereocenters. The van der Waals surface area contributed by atoms with E-state index < -0.39 is 21.2 Å². The molecule has 2 unspecified atom stereocenters. The van der Waals surface area contributed by atoms with Gasteiger partial charge in [-0.2, -0.15) is 22.7 Å². The fourth-order valence-corrected chi connectivity index (χ4v) is 2.27. The van der Waals surface area contributed by atoms with Gasteiger partial charge in [-0.25, -0.2) is 13.2 Å². The van der Waals surface area contributed by atoms with Crippen LogP contribution in [-0.2, 0) is 34.0 Å².